The predicted octanol–water partition coefficient (Wildman–Crippen LogP) is 4.84. The molecule has 1 saturated heterocycles. The number of rotatable bonds is 9. The third kappa shape index (κ3) is 5.50. The van der Waals surface area contributed by atoms with Gasteiger partial charge >= 0.3 is 0 Å². The van der Waals surface area contributed by atoms with Gasteiger partial charge in [0, 0.05) is 12.8 Å². The van der Waals surface area contributed by atoms with Crippen LogP contribution in [0.2, 0.25) is 0 Å². The first-order valence-corrected chi connectivity index (χ1v) is 12.5. The Balaban J connectivity index is 1.36. The summed E-state index contributed by atoms with van der Waals surface area (Å²) < 4.78 is 7.31. The molecule has 0 aromatic heterocycles. The summed E-state index contributed by atoms with van der Waals surface area (Å²) in [4.78, 5) is 0. The zero-order valence-electron chi connectivity index (χ0n) is 18.0. The number of unbranched alkanes of at least 4 members (excludes halogenated alkanes) is 1. The lowest BCUT2D eigenvalue weighted by Crippen LogP contribution is -2.41. The van der Waals surface area contributed by atoms with Crippen molar-refractivity contribution in [3.05, 3.63) is 84.9 Å². The number of likely N-dealkylation sites (tertiary alicyclic amines) is 1. The first kappa shape index (κ1) is 21.1. The van der Waals surface area contributed by atoms with Gasteiger partial charge in [-0.1, -0.05) is 72.8 Å². The number of nitrogens with zero attached hydrogens (tertiary/aromatic N) is 1. The molecule has 0 N–H and O–H groups in total. The van der Waals surface area contributed by atoms with E-state index < -0.39 is 7.92 Å². The Morgan fingerprint density at radius 2 is 1.23 bits per heavy atom. The highest BCUT2D eigenvalue weighted by molar-refractivity contribution is 7.79. The summed E-state index contributed by atoms with van der Waals surface area (Å²) in [7, 11) is 1.86. The first-order valence-electron chi connectivity index (χ1n) is 11.2. The molecule has 0 radical (unpaired) electrons. The summed E-state index contributed by atoms with van der Waals surface area (Å²) in [5.41, 5.74) is 0. The molecule has 0 atom stereocenters. The average Bonchev–Trinajstić information content (AvgIpc) is 3.23. The van der Waals surface area contributed by atoms with Crippen LogP contribution in [0.1, 0.15) is 25.7 Å². The molecule has 4 rings (SSSR count). The van der Waals surface area contributed by atoms with Crippen LogP contribution in [-0.4, -0.2) is 37.8 Å². The zero-order valence-corrected chi connectivity index (χ0v) is 18.9. The van der Waals surface area contributed by atoms with Crippen molar-refractivity contribution in [3.63, 3.8) is 0 Å². The highest BCUT2D eigenvalue weighted by Gasteiger charge is 2.25. The molecule has 1 aliphatic rings. The van der Waals surface area contributed by atoms with Crippen molar-refractivity contribution in [1.82, 2.24) is 0 Å². The monoisotopic (exact) mass is 418 g/mol. The van der Waals surface area contributed by atoms with Gasteiger partial charge in [-0.3, -0.25) is 0 Å². The molecule has 2 nitrogen and oxygen atoms in total. The largest absolute Gasteiger partial charge is 0.494 e. The number of quaternary nitrogens is 1. The molecule has 3 heteroatoms. The molecule has 0 spiro atoms. The molecular weight excluding hydrogens is 385 g/mol. The van der Waals surface area contributed by atoms with E-state index in [1.165, 1.54) is 59.3 Å². The van der Waals surface area contributed by atoms with Crippen molar-refractivity contribution in [3.8, 4) is 5.75 Å². The molecule has 156 valence electrons. The van der Waals surface area contributed by atoms with Crippen LogP contribution >= 0.6 is 7.92 Å². The first-order chi connectivity index (χ1) is 14.7. The van der Waals surface area contributed by atoms with E-state index in [2.05, 4.69) is 92.0 Å². The van der Waals surface area contributed by atoms with Gasteiger partial charge in [-0.05, 0) is 48.8 Å². The molecule has 3 aromatic rings. The van der Waals surface area contributed by atoms with Gasteiger partial charge in [0.1, 0.15) is 5.75 Å². The fraction of sp³-hybridized carbons (Fsp3) is 0.333. The van der Waals surface area contributed by atoms with Crippen molar-refractivity contribution >= 4 is 23.8 Å². The van der Waals surface area contributed by atoms with Crippen LogP contribution < -0.4 is 20.7 Å². The minimum Gasteiger partial charge on any atom is -0.494 e. The SMILES string of the molecule is C[N+]1(CCCCOc2ccc(P(c3ccccc3)c3ccccc3)cc2)CCCC1. The second kappa shape index (κ2) is 10.2. The second-order valence-corrected chi connectivity index (χ2v) is 10.8. The molecule has 0 amide bonds. The molecule has 1 heterocycles. The van der Waals surface area contributed by atoms with Crippen LogP contribution in [0.3, 0.4) is 0 Å². The van der Waals surface area contributed by atoms with Gasteiger partial charge in [0.05, 0.1) is 33.3 Å². The molecule has 0 aliphatic carbocycles. The third-order valence-corrected chi connectivity index (χ3v) is 8.57. The van der Waals surface area contributed by atoms with Gasteiger partial charge in [0.25, 0.3) is 0 Å². The van der Waals surface area contributed by atoms with Crippen molar-refractivity contribution in [2.24, 2.45) is 0 Å². The Morgan fingerprint density at radius 3 is 1.80 bits per heavy atom. The van der Waals surface area contributed by atoms with Crippen LogP contribution in [0, 0.1) is 0 Å². The van der Waals surface area contributed by atoms with Crippen molar-refractivity contribution in [2.75, 3.05) is 33.3 Å². The number of ether oxygens (including phenoxy) is 1. The Hall–Kier alpha value is -2.15. The van der Waals surface area contributed by atoms with E-state index in [1.807, 2.05) is 0 Å². The summed E-state index contributed by atoms with van der Waals surface area (Å²) >= 11 is 0. The van der Waals surface area contributed by atoms with Crippen molar-refractivity contribution in [2.45, 2.75) is 25.7 Å². The average molecular weight is 419 g/mol. The van der Waals surface area contributed by atoms with Crippen LogP contribution in [0.25, 0.3) is 0 Å². The summed E-state index contributed by atoms with van der Waals surface area (Å²) in [5.74, 6) is 0.983. The van der Waals surface area contributed by atoms with E-state index in [1.54, 1.807) is 0 Å². The van der Waals surface area contributed by atoms with E-state index in [0.717, 1.165) is 18.8 Å². The maximum absolute atomic E-state index is 6.05. The van der Waals surface area contributed by atoms with Crippen molar-refractivity contribution < 1.29 is 9.22 Å². The lowest BCUT2D eigenvalue weighted by atomic mass is 10.3. The van der Waals surface area contributed by atoms with E-state index >= 15 is 0 Å². The Morgan fingerprint density at radius 1 is 0.700 bits per heavy atom. The summed E-state index contributed by atoms with van der Waals surface area (Å²) in [6.07, 6.45) is 5.18. The van der Waals surface area contributed by atoms with E-state index in [9.17, 15) is 0 Å². The van der Waals surface area contributed by atoms with E-state index in [4.69, 9.17) is 4.74 Å². The maximum atomic E-state index is 6.05. The molecule has 3 aromatic carbocycles. The molecule has 30 heavy (non-hydrogen) atoms. The Labute approximate surface area is 182 Å². The fourth-order valence-electron chi connectivity index (χ4n) is 4.40. The Bertz CT molecular complexity index is 850. The third-order valence-electron chi connectivity index (χ3n) is 6.13. The van der Waals surface area contributed by atoms with Crippen LogP contribution in [0.5, 0.6) is 5.75 Å². The van der Waals surface area contributed by atoms with Gasteiger partial charge in [0.2, 0.25) is 0 Å². The van der Waals surface area contributed by atoms with Crippen LogP contribution in [-0.2, 0) is 0 Å². The summed E-state index contributed by atoms with van der Waals surface area (Å²) in [6.45, 7) is 4.81. The number of benzene rings is 3. The second-order valence-electron chi connectivity index (χ2n) is 8.55. The topological polar surface area (TPSA) is 9.23 Å². The molecule has 0 saturated carbocycles. The van der Waals surface area contributed by atoms with Crippen LogP contribution in [0.15, 0.2) is 84.9 Å². The fourth-order valence-corrected chi connectivity index (χ4v) is 6.68. The number of hydrogen-bond donors (Lipinski definition) is 0. The normalized spacial score (nSPS) is 15.4. The highest BCUT2D eigenvalue weighted by Crippen LogP contribution is 2.33. The van der Waals surface area contributed by atoms with E-state index in [0.29, 0.717) is 0 Å². The van der Waals surface area contributed by atoms with E-state index in [-0.39, 0.29) is 0 Å². The standard InChI is InChI=1S/C27H33NOP/c1-28(20-8-9-21-28)22-10-11-23-29-24-16-18-27(19-17-24)30(25-12-4-2-5-13-25)26-14-6-3-7-15-26/h2-7,12-19H,8-11,20-23H2,1H3/q+1. The van der Waals surface area contributed by atoms with Gasteiger partial charge in [-0.15, -0.1) is 0 Å². The van der Waals surface area contributed by atoms with Crippen LogP contribution in [0.4, 0.5) is 0 Å². The molecule has 1 aliphatic heterocycles. The Kier molecular flexibility index (Phi) is 7.20. The van der Waals surface area contributed by atoms with Crippen molar-refractivity contribution in [1.29, 1.82) is 0 Å². The quantitative estimate of drug-likeness (QED) is 0.274. The summed E-state index contributed by atoms with van der Waals surface area (Å²) in [5, 5.41) is 4.12. The lowest BCUT2D eigenvalue weighted by Gasteiger charge is -2.29. The van der Waals surface area contributed by atoms with Gasteiger partial charge in [-0.2, -0.15) is 0 Å². The van der Waals surface area contributed by atoms with Gasteiger partial charge in [-0.25, -0.2) is 0 Å². The van der Waals surface area contributed by atoms with Gasteiger partial charge < -0.3 is 9.22 Å². The zero-order chi connectivity index (χ0) is 20.7. The van der Waals surface area contributed by atoms with Gasteiger partial charge in [0.15, 0.2) is 0 Å². The highest BCUT2D eigenvalue weighted by atomic mass is 31.1. The molecule has 0 bridgehead atoms. The smallest absolute Gasteiger partial charge is 0.119 e. The summed E-state index contributed by atoms with van der Waals surface area (Å²) in [6, 6.07) is 30.5. The molecular formula is C27H33NOP+. The molecule has 1 fully saturated rings. The molecule has 0 unspecified atom stereocenters. The minimum atomic E-state index is -0.546. The predicted molar refractivity (Wildman–Crippen MR) is 130 cm³/mol. The minimum absolute atomic E-state index is 0.546. The lowest BCUT2D eigenvalue weighted by molar-refractivity contribution is -0.897. The number of hydrogen-bond acceptors (Lipinski definition) is 1. The maximum Gasteiger partial charge on any atom is 0.119 e.